The minimum absolute atomic E-state index is 0.893. The van der Waals surface area contributed by atoms with Gasteiger partial charge in [-0.1, -0.05) is 133 Å². The van der Waals surface area contributed by atoms with Gasteiger partial charge < -0.3 is 0 Å². The number of hydrogen-bond donors (Lipinski definition) is 0. The fraction of sp³-hybridized carbons (Fsp3) is 0. The largest absolute Gasteiger partial charge is 0.294 e. The molecule has 0 radical (unpaired) electrons. The van der Waals surface area contributed by atoms with Gasteiger partial charge in [0.05, 0.1) is 33.5 Å². The minimum atomic E-state index is 0.893. The first kappa shape index (κ1) is 28.8. The van der Waals surface area contributed by atoms with Gasteiger partial charge >= 0.3 is 0 Å². The van der Waals surface area contributed by atoms with E-state index in [4.69, 9.17) is 9.97 Å². The van der Waals surface area contributed by atoms with Crippen LogP contribution in [0.3, 0.4) is 0 Å². The monoisotopic (exact) mass is 662 g/mol. The summed E-state index contributed by atoms with van der Waals surface area (Å²) in [5.41, 5.74) is 8.66. The molecule has 7 aromatic carbocycles. The average Bonchev–Trinajstić information content (AvgIpc) is 3.73. The third-order valence-electron chi connectivity index (χ3n) is 10.5. The summed E-state index contributed by atoms with van der Waals surface area (Å²) in [5.74, 6) is 1.79. The van der Waals surface area contributed by atoms with Gasteiger partial charge in [0.25, 0.3) is 0 Å². The van der Waals surface area contributed by atoms with E-state index in [1.807, 2.05) is 0 Å². The molecule has 52 heavy (non-hydrogen) atoms. The Morgan fingerprint density at radius 1 is 0.288 bits per heavy atom. The molecular formula is C48H30N4. The fourth-order valence-corrected chi connectivity index (χ4v) is 8.31. The van der Waals surface area contributed by atoms with Crippen molar-refractivity contribution in [2.75, 3.05) is 0 Å². The Balaban J connectivity index is 1.16. The summed E-state index contributed by atoms with van der Waals surface area (Å²) in [6.07, 6.45) is 0. The SMILES string of the molecule is c1cc(-c2cccc3ccccc23)nc(-n2c3ccccc3c3c4c5ccccc5n(-c5cccc(-c6cccc7ccccc67)n5)c4ccc32)c1. The van der Waals surface area contributed by atoms with Crippen molar-refractivity contribution in [2.24, 2.45) is 0 Å². The van der Waals surface area contributed by atoms with E-state index >= 15 is 0 Å². The second-order valence-corrected chi connectivity index (χ2v) is 13.4. The van der Waals surface area contributed by atoms with Crippen LogP contribution in [-0.4, -0.2) is 19.1 Å². The third-order valence-corrected chi connectivity index (χ3v) is 10.5. The number of nitrogens with zero attached hydrogens (tertiary/aromatic N) is 4. The van der Waals surface area contributed by atoms with E-state index in [-0.39, 0.29) is 0 Å². The van der Waals surface area contributed by atoms with E-state index in [0.29, 0.717) is 0 Å². The first-order chi connectivity index (χ1) is 25.8. The maximum atomic E-state index is 5.34. The molecule has 0 amide bonds. The Hall–Kier alpha value is -7.04. The van der Waals surface area contributed by atoms with Gasteiger partial charge in [-0.05, 0) is 70.1 Å². The number of pyridine rings is 2. The number of aromatic nitrogens is 4. The van der Waals surface area contributed by atoms with Crippen LogP contribution in [0, 0.1) is 0 Å². The molecule has 11 rings (SSSR count). The van der Waals surface area contributed by atoms with E-state index in [0.717, 1.165) is 56.2 Å². The van der Waals surface area contributed by atoms with Gasteiger partial charge in [0.2, 0.25) is 0 Å². The molecule has 0 fully saturated rings. The smallest absolute Gasteiger partial charge is 0.138 e. The highest BCUT2D eigenvalue weighted by molar-refractivity contribution is 6.28. The Morgan fingerprint density at radius 2 is 0.673 bits per heavy atom. The molecule has 0 spiro atoms. The molecule has 4 heterocycles. The normalized spacial score (nSPS) is 11.8. The van der Waals surface area contributed by atoms with Crippen molar-refractivity contribution in [1.82, 2.24) is 19.1 Å². The van der Waals surface area contributed by atoms with Crippen LogP contribution < -0.4 is 0 Å². The highest BCUT2D eigenvalue weighted by atomic mass is 15.1. The zero-order chi connectivity index (χ0) is 34.2. The predicted molar refractivity (Wildman–Crippen MR) is 217 cm³/mol. The molecule has 0 aliphatic carbocycles. The summed E-state index contributed by atoms with van der Waals surface area (Å²) in [4.78, 5) is 10.7. The van der Waals surface area contributed by atoms with Gasteiger partial charge in [-0.2, -0.15) is 0 Å². The molecule has 4 nitrogen and oxygen atoms in total. The van der Waals surface area contributed by atoms with Gasteiger partial charge in [0.1, 0.15) is 11.6 Å². The maximum Gasteiger partial charge on any atom is 0.138 e. The summed E-state index contributed by atoms with van der Waals surface area (Å²) >= 11 is 0. The van der Waals surface area contributed by atoms with Crippen LogP contribution in [0.4, 0.5) is 0 Å². The zero-order valence-corrected chi connectivity index (χ0v) is 28.1. The second-order valence-electron chi connectivity index (χ2n) is 13.4. The van der Waals surface area contributed by atoms with Crippen LogP contribution in [0.2, 0.25) is 0 Å². The Bertz CT molecular complexity index is 2970. The van der Waals surface area contributed by atoms with Crippen LogP contribution in [0.15, 0.2) is 182 Å². The summed E-state index contributed by atoms with van der Waals surface area (Å²) < 4.78 is 4.65. The van der Waals surface area contributed by atoms with Crippen molar-refractivity contribution in [3.8, 4) is 34.2 Å². The lowest BCUT2D eigenvalue weighted by Gasteiger charge is -2.12. The highest BCUT2D eigenvalue weighted by Crippen LogP contribution is 2.42. The second kappa shape index (κ2) is 11.2. The van der Waals surface area contributed by atoms with Crippen molar-refractivity contribution in [3.63, 3.8) is 0 Å². The van der Waals surface area contributed by atoms with E-state index in [2.05, 4.69) is 191 Å². The number of rotatable bonds is 4. The Morgan fingerprint density at radius 3 is 1.15 bits per heavy atom. The van der Waals surface area contributed by atoms with Crippen molar-refractivity contribution < 1.29 is 0 Å². The zero-order valence-electron chi connectivity index (χ0n) is 28.1. The van der Waals surface area contributed by atoms with E-state index < -0.39 is 0 Å². The molecule has 0 bridgehead atoms. The minimum Gasteiger partial charge on any atom is -0.294 e. The van der Waals surface area contributed by atoms with Crippen LogP contribution in [0.1, 0.15) is 0 Å². The number of benzene rings is 7. The van der Waals surface area contributed by atoms with Crippen molar-refractivity contribution >= 4 is 65.2 Å². The molecule has 0 N–H and O–H groups in total. The number of hydrogen-bond acceptors (Lipinski definition) is 2. The van der Waals surface area contributed by atoms with Crippen LogP contribution >= 0.6 is 0 Å². The molecule has 0 unspecified atom stereocenters. The quantitative estimate of drug-likeness (QED) is 0.188. The summed E-state index contributed by atoms with van der Waals surface area (Å²) in [6, 6.07) is 64.6. The van der Waals surface area contributed by atoms with Gasteiger partial charge in [-0.15, -0.1) is 0 Å². The van der Waals surface area contributed by atoms with Crippen LogP contribution in [-0.2, 0) is 0 Å². The van der Waals surface area contributed by atoms with Crippen molar-refractivity contribution in [3.05, 3.63) is 182 Å². The van der Waals surface area contributed by atoms with Crippen LogP contribution in [0.5, 0.6) is 0 Å². The standard InChI is InChI=1S/C48H30N4/c1-3-17-33-31(13-1)15-9-21-35(33)39-23-11-27-45(49-39)51-41-25-7-5-19-37(41)47-43(51)29-30-44-48(47)38-20-6-8-26-42(38)52(44)46-28-12-24-40(50-46)36-22-10-16-32-14-2-4-18-34(32)36/h1-30H. The molecule has 0 aliphatic rings. The third kappa shape index (κ3) is 4.21. The topological polar surface area (TPSA) is 35.6 Å². The number of para-hydroxylation sites is 2. The van der Waals surface area contributed by atoms with Gasteiger partial charge in [0, 0.05) is 32.7 Å². The Labute approximate surface area is 299 Å². The Kier molecular flexibility index (Phi) is 6.22. The molecule has 11 aromatic rings. The molecule has 4 aromatic heterocycles. The molecule has 242 valence electrons. The molecule has 0 aliphatic heterocycles. The lowest BCUT2D eigenvalue weighted by molar-refractivity contribution is 1.08. The van der Waals surface area contributed by atoms with Gasteiger partial charge in [-0.3, -0.25) is 9.13 Å². The van der Waals surface area contributed by atoms with Crippen molar-refractivity contribution in [1.29, 1.82) is 0 Å². The first-order valence-corrected chi connectivity index (χ1v) is 17.7. The van der Waals surface area contributed by atoms with E-state index in [1.165, 1.54) is 43.1 Å². The first-order valence-electron chi connectivity index (χ1n) is 17.7. The van der Waals surface area contributed by atoms with Crippen LogP contribution in [0.25, 0.3) is 99.3 Å². The molecule has 0 saturated carbocycles. The number of fused-ring (bicyclic) bond motifs is 9. The van der Waals surface area contributed by atoms with E-state index in [9.17, 15) is 0 Å². The van der Waals surface area contributed by atoms with Crippen molar-refractivity contribution in [2.45, 2.75) is 0 Å². The lowest BCUT2D eigenvalue weighted by Crippen LogP contribution is -1.99. The molecular weight excluding hydrogens is 633 g/mol. The predicted octanol–water partition coefficient (Wildman–Crippen LogP) is 12.3. The molecule has 0 atom stereocenters. The van der Waals surface area contributed by atoms with E-state index in [1.54, 1.807) is 0 Å². The fourth-order valence-electron chi connectivity index (χ4n) is 8.31. The summed E-state index contributed by atoms with van der Waals surface area (Å²) in [7, 11) is 0. The molecule has 4 heteroatoms. The lowest BCUT2D eigenvalue weighted by atomic mass is 10.0. The maximum absolute atomic E-state index is 5.34. The van der Waals surface area contributed by atoms with Gasteiger partial charge in [0.15, 0.2) is 0 Å². The summed E-state index contributed by atoms with van der Waals surface area (Å²) in [6.45, 7) is 0. The van der Waals surface area contributed by atoms with Gasteiger partial charge in [-0.25, -0.2) is 9.97 Å². The highest BCUT2D eigenvalue weighted by Gasteiger charge is 2.21. The summed E-state index contributed by atoms with van der Waals surface area (Å²) in [5, 5.41) is 9.63. The molecule has 0 saturated heterocycles. The average molecular weight is 663 g/mol.